The number of likely N-dealkylation sites (N-methyl/N-ethyl adjacent to an activating group) is 1. The van der Waals surface area contributed by atoms with Crippen molar-refractivity contribution in [3.63, 3.8) is 0 Å². The normalized spacial score (nSPS) is 24.8. The second-order valence-corrected chi connectivity index (χ2v) is 5.60. The number of nitrogens with one attached hydrogen (secondary N) is 1. The van der Waals surface area contributed by atoms with Gasteiger partial charge in [0.15, 0.2) is 0 Å². The number of nitrogens with zero attached hydrogens (tertiary/aromatic N) is 2. The summed E-state index contributed by atoms with van der Waals surface area (Å²) >= 11 is 0. The van der Waals surface area contributed by atoms with Gasteiger partial charge in [-0.25, -0.2) is 0 Å². The molecule has 0 aromatic heterocycles. The van der Waals surface area contributed by atoms with E-state index in [9.17, 15) is 5.26 Å². The van der Waals surface area contributed by atoms with Crippen LogP contribution < -0.4 is 5.32 Å². The molecule has 0 amide bonds. The van der Waals surface area contributed by atoms with E-state index in [0.717, 1.165) is 26.1 Å². The second kappa shape index (κ2) is 7.08. The number of hydrogen-bond acceptors (Lipinski definition) is 4. The largest absolute Gasteiger partial charge is 0.377 e. The molecular formula is C14H27N3O. The van der Waals surface area contributed by atoms with Crippen molar-refractivity contribution in [3.05, 3.63) is 0 Å². The first-order valence-electron chi connectivity index (χ1n) is 6.99. The highest BCUT2D eigenvalue weighted by molar-refractivity contribution is 5.05. The lowest BCUT2D eigenvalue weighted by molar-refractivity contribution is 0.0661. The monoisotopic (exact) mass is 253 g/mol. The predicted molar refractivity (Wildman–Crippen MR) is 73.4 cm³/mol. The molecule has 1 aliphatic heterocycles. The van der Waals surface area contributed by atoms with Gasteiger partial charge in [0.1, 0.15) is 5.54 Å². The minimum absolute atomic E-state index is 0.373. The zero-order valence-corrected chi connectivity index (χ0v) is 12.2. The summed E-state index contributed by atoms with van der Waals surface area (Å²) in [6.07, 6.45) is 3.56. The van der Waals surface area contributed by atoms with Gasteiger partial charge in [-0.15, -0.1) is 0 Å². The Morgan fingerprint density at radius 3 is 2.83 bits per heavy atom. The Kier molecular flexibility index (Phi) is 6.07. The van der Waals surface area contributed by atoms with Crippen molar-refractivity contribution < 1.29 is 4.74 Å². The molecule has 18 heavy (non-hydrogen) atoms. The summed E-state index contributed by atoms with van der Waals surface area (Å²) in [5.41, 5.74) is -0.432. The van der Waals surface area contributed by atoms with Crippen molar-refractivity contribution in [1.29, 1.82) is 5.26 Å². The van der Waals surface area contributed by atoms with Crippen LogP contribution in [0, 0.1) is 11.3 Å². The molecular weight excluding hydrogens is 226 g/mol. The third kappa shape index (κ3) is 4.56. The van der Waals surface area contributed by atoms with Crippen molar-refractivity contribution in [2.75, 3.05) is 26.7 Å². The van der Waals surface area contributed by atoms with E-state index in [1.165, 1.54) is 12.8 Å². The lowest BCUT2D eigenvalue weighted by Gasteiger charge is -2.32. The summed E-state index contributed by atoms with van der Waals surface area (Å²) in [6, 6.07) is 2.76. The van der Waals surface area contributed by atoms with Gasteiger partial charge in [0, 0.05) is 19.2 Å². The maximum atomic E-state index is 9.28. The Morgan fingerprint density at radius 2 is 2.33 bits per heavy atom. The third-order valence-corrected chi connectivity index (χ3v) is 3.79. The van der Waals surface area contributed by atoms with Gasteiger partial charge in [-0.2, -0.15) is 5.26 Å². The van der Waals surface area contributed by atoms with Crippen LogP contribution in [-0.2, 0) is 4.74 Å². The molecule has 0 aliphatic carbocycles. The first-order chi connectivity index (χ1) is 8.50. The lowest BCUT2D eigenvalue weighted by Crippen LogP contribution is -2.47. The van der Waals surface area contributed by atoms with E-state index >= 15 is 0 Å². The molecule has 0 aromatic carbocycles. The van der Waals surface area contributed by atoms with Crippen LogP contribution in [0.3, 0.4) is 0 Å². The average Bonchev–Trinajstić information content (AvgIpc) is 2.82. The molecule has 0 aromatic rings. The minimum atomic E-state index is -0.432. The zero-order chi connectivity index (χ0) is 13.6. The van der Waals surface area contributed by atoms with E-state index in [1.807, 2.05) is 13.8 Å². The number of hydrogen-bond donors (Lipinski definition) is 1. The molecule has 4 nitrogen and oxygen atoms in total. The zero-order valence-electron chi connectivity index (χ0n) is 12.2. The van der Waals surface area contributed by atoms with Crippen molar-refractivity contribution >= 4 is 0 Å². The van der Waals surface area contributed by atoms with Crippen LogP contribution in [0.5, 0.6) is 0 Å². The molecule has 3 unspecified atom stereocenters. The van der Waals surface area contributed by atoms with Gasteiger partial charge in [-0.3, -0.25) is 5.32 Å². The van der Waals surface area contributed by atoms with E-state index in [1.54, 1.807) is 0 Å². The highest BCUT2D eigenvalue weighted by Gasteiger charge is 2.28. The van der Waals surface area contributed by atoms with E-state index in [2.05, 4.69) is 30.3 Å². The summed E-state index contributed by atoms with van der Waals surface area (Å²) in [7, 11) is 2.12. The van der Waals surface area contributed by atoms with E-state index in [0.29, 0.717) is 12.1 Å². The summed E-state index contributed by atoms with van der Waals surface area (Å²) in [5.74, 6) is 0. The van der Waals surface area contributed by atoms with E-state index in [4.69, 9.17) is 4.74 Å². The molecule has 0 saturated carbocycles. The van der Waals surface area contributed by atoms with Crippen molar-refractivity contribution in [1.82, 2.24) is 10.2 Å². The fourth-order valence-corrected chi connectivity index (χ4v) is 2.58. The number of rotatable bonds is 7. The average molecular weight is 253 g/mol. The summed E-state index contributed by atoms with van der Waals surface area (Å²) in [4.78, 5) is 2.31. The van der Waals surface area contributed by atoms with Gasteiger partial charge in [0.05, 0.1) is 12.2 Å². The quantitative estimate of drug-likeness (QED) is 0.751. The fourth-order valence-electron chi connectivity index (χ4n) is 2.58. The van der Waals surface area contributed by atoms with Crippen molar-refractivity contribution in [3.8, 4) is 6.07 Å². The van der Waals surface area contributed by atoms with Gasteiger partial charge in [-0.1, -0.05) is 6.92 Å². The molecule has 0 radical (unpaired) electrons. The van der Waals surface area contributed by atoms with E-state index < -0.39 is 5.54 Å². The molecule has 0 spiro atoms. The first-order valence-corrected chi connectivity index (χ1v) is 6.99. The molecule has 1 rings (SSSR count). The maximum absolute atomic E-state index is 9.28. The SMILES string of the molecule is CCNC(C)(C#N)CC(C)N(C)CC1CCCO1. The Morgan fingerprint density at radius 1 is 1.61 bits per heavy atom. The molecule has 3 atom stereocenters. The lowest BCUT2D eigenvalue weighted by atomic mass is 9.94. The molecule has 4 heteroatoms. The van der Waals surface area contributed by atoms with Crippen LogP contribution in [0.15, 0.2) is 0 Å². The summed E-state index contributed by atoms with van der Waals surface area (Å²) in [6.45, 7) is 8.90. The van der Waals surface area contributed by atoms with E-state index in [-0.39, 0.29) is 0 Å². The molecule has 1 fully saturated rings. The Bertz CT molecular complexity index is 283. The molecule has 1 aliphatic rings. The molecule has 1 N–H and O–H groups in total. The second-order valence-electron chi connectivity index (χ2n) is 5.60. The predicted octanol–water partition coefficient (Wildman–Crippen LogP) is 1.77. The first kappa shape index (κ1) is 15.4. The standard InChI is InChI=1S/C14H27N3O/c1-5-16-14(3,11-15)9-12(2)17(4)10-13-7-6-8-18-13/h12-13,16H,5-10H2,1-4H3. The maximum Gasteiger partial charge on any atom is 0.105 e. The fraction of sp³-hybridized carbons (Fsp3) is 0.929. The molecule has 1 saturated heterocycles. The van der Waals surface area contributed by atoms with Gasteiger partial charge < -0.3 is 9.64 Å². The minimum Gasteiger partial charge on any atom is -0.377 e. The van der Waals surface area contributed by atoms with Gasteiger partial charge in [-0.05, 0) is 46.7 Å². The molecule has 1 heterocycles. The van der Waals surface area contributed by atoms with Gasteiger partial charge >= 0.3 is 0 Å². The van der Waals surface area contributed by atoms with Crippen molar-refractivity contribution in [2.24, 2.45) is 0 Å². The Labute approximate surface area is 111 Å². The Balaban J connectivity index is 2.42. The van der Waals surface area contributed by atoms with Crippen LogP contribution in [0.1, 0.15) is 40.0 Å². The third-order valence-electron chi connectivity index (χ3n) is 3.79. The van der Waals surface area contributed by atoms with Crippen LogP contribution in [0.25, 0.3) is 0 Å². The Hall–Kier alpha value is -0.630. The molecule has 104 valence electrons. The van der Waals surface area contributed by atoms with Crippen LogP contribution in [-0.4, -0.2) is 49.3 Å². The van der Waals surface area contributed by atoms with Crippen LogP contribution in [0.4, 0.5) is 0 Å². The summed E-state index contributed by atoms with van der Waals surface area (Å²) < 4.78 is 5.66. The smallest absolute Gasteiger partial charge is 0.105 e. The van der Waals surface area contributed by atoms with Crippen LogP contribution in [0.2, 0.25) is 0 Å². The summed E-state index contributed by atoms with van der Waals surface area (Å²) in [5, 5.41) is 12.5. The van der Waals surface area contributed by atoms with Crippen molar-refractivity contribution in [2.45, 2.75) is 57.7 Å². The topological polar surface area (TPSA) is 48.3 Å². The highest BCUT2D eigenvalue weighted by Crippen LogP contribution is 2.18. The van der Waals surface area contributed by atoms with Gasteiger partial charge in [0.25, 0.3) is 0 Å². The molecule has 0 bridgehead atoms. The highest BCUT2D eigenvalue weighted by atomic mass is 16.5. The van der Waals surface area contributed by atoms with Gasteiger partial charge in [0.2, 0.25) is 0 Å². The number of ether oxygens (including phenoxy) is 1. The number of nitriles is 1. The van der Waals surface area contributed by atoms with Crippen LogP contribution >= 0.6 is 0 Å².